The minimum atomic E-state index is -0.815. The Morgan fingerprint density at radius 3 is 2.81 bits per heavy atom. The molecule has 0 saturated carbocycles. The van der Waals surface area contributed by atoms with Crippen LogP contribution < -0.4 is 10.6 Å². The number of para-hydroxylation sites is 2. The summed E-state index contributed by atoms with van der Waals surface area (Å²) < 4.78 is 35.7. The van der Waals surface area contributed by atoms with Crippen molar-refractivity contribution in [1.82, 2.24) is 25.1 Å². The number of nitriles is 1. The molecular weight excluding hydrogens is 474 g/mol. The second-order valence-electron chi connectivity index (χ2n) is 10.00. The highest BCUT2D eigenvalue weighted by Crippen LogP contribution is 2.36. The molecule has 5 atom stereocenters. The molecule has 5 rings (SSSR count). The van der Waals surface area contributed by atoms with Crippen molar-refractivity contribution in [3.05, 3.63) is 65.5 Å². The molecule has 2 aliphatic rings. The molecule has 2 saturated heterocycles. The standard InChI is InChI=1S/C28H34F2N6O/c1-18(27-21(10-13-33-27)20-8-9-22(29)23(30)16-20)35-14-5-12-32-17-26(35)28-34-24-6-3-4-7-25(24)36(28)19(2)37-15-11-31/h3-4,6-9,16,18-19,21,26-27,32-33H,5,10,12-15,17H2,1-2H3. The number of hydrogen-bond acceptors (Lipinski definition) is 6. The maximum absolute atomic E-state index is 14.1. The number of nitrogens with one attached hydrogen (secondary N) is 2. The van der Waals surface area contributed by atoms with Gasteiger partial charge in [-0.25, -0.2) is 13.8 Å². The summed E-state index contributed by atoms with van der Waals surface area (Å²) in [5, 5.41) is 16.3. The Balaban J connectivity index is 1.51. The van der Waals surface area contributed by atoms with Gasteiger partial charge in [0.1, 0.15) is 18.7 Å². The van der Waals surface area contributed by atoms with Crippen LogP contribution in [0.4, 0.5) is 8.78 Å². The van der Waals surface area contributed by atoms with Gasteiger partial charge in [-0.2, -0.15) is 5.26 Å². The molecule has 0 aliphatic carbocycles. The number of imidazole rings is 1. The van der Waals surface area contributed by atoms with Crippen LogP contribution in [0.25, 0.3) is 11.0 Å². The fraction of sp³-hybridized carbons (Fsp3) is 0.500. The van der Waals surface area contributed by atoms with Crippen LogP contribution in [0.15, 0.2) is 42.5 Å². The molecule has 0 bridgehead atoms. The lowest BCUT2D eigenvalue weighted by Gasteiger charge is -2.40. The van der Waals surface area contributed by atoms with E-state index < -0.39 is 11.6 Å². The van der Waals surface area contributed by atoms with Crippen molar-refractivity contribution in [3.8, 4) is 6.07 Å². The number of nitrogens with zero attached hydrogens (tertiary/aromatic N) is 4. The quantitative estimate of drug-likeness (QED) is 0.497. The predicted molar refractivity (Wildman–Crippen MR) is 138 cm³/mol. The van der Waals surface area contributed by atoms with Crippen molar-refractivity contribution in [1.29, 1.82) is 5.26 Å². The van der Waals surface area contributed by atoms with E-state index in [0.717, 1.165) is 61.4 Å². The van der Waals surface area contributed by atoms with E-state index in [1.807, 2.05) is 31.2 Å². The lowest BCUT2D eigenvalue weighted by molar-refractivity contribution is 0.0317. The Morgan fingerprint density at radius 2 is 2.00 bits per heavy atom. The van der Waals surface area contributed by atoms with E-state index in [4.69, 9.17) is 15.0 Å². The fourth-order valence-corrected chi connectivity index (χ4v) is 6.10. The number of halogens is 2. The molecule has 3 aromatic rings. The normalized spacial score (nSPS) is 24.6. The van der Waals surface area contributed by atoms with E-state index in [1.54, 1.807) is 6.07 Å². The van der Waals surface area contributed by atoms with Gasteiger partial charge in [0, 0.05) is 31.1 Å². The topological polar surface area (TPSA) is 78.1 Å². The Morgan fingerprint density at radius 1 is 1.16 bits per heavy atom. The van der Waals surface area contributed by atoms with E-state index in [0.29, 0.717) is 0 Å². The molecule has 37 heavy (non-hydrogen) atoms. The Hall–Kier alpha value is -2.90. The van der Waals surface area contributed by atoms with Crippen LogP contribution in [0.3, 0.4) is 0 Å². The van der Waals surface area contributed by atoms with E-state index in [2.05, 4.69) is 33.1 Å². The second kappa shape index (κ2) is 11.2. The molecule has 2 fully saturated rings. The zero-order valence-electron chi connectivity index (χ0n) is 21.3. The van der Waals surface area contributed by atoms with Crippen molar-refractivity contribution in [2.45, 2.75) is 57.0 Å². The molecule has 7 nitrogen and oxygen atoms in total. The Labute approximate surface area is 216 Å². The Bertz CT molecular complexity index is 1270. The van der Waals surface area contributed by atoms with Crippen LogP contribution in [-0.4, -0.2) is 59.3 Å². The van der Waals surface area contributed by atoms with Crippen molar-refractivity contribution < 1.29 is 13.5 Å². The van der Waals surface area contributed by atoms with E-state index in [1.165, 1.54) is 12.1 Å². The third-order valence-corrected chi connectivity index (χ3v) is 7.87. The predicted octanol–water partition coefficient (Wildman–Crippen LogP) is 4.24. The number of hydrogen-bond donors (Lipinski definition) is 2. The molecule has 3 heterocycles. The molecule has 2 N–H and O–H groups in total. The average molecular weight is 509 g/mol. The number of aromatic nitrogens is 2. The fourth-order valence-electron chi connectivity index (χ4n) is 6.10. The summed E-state index contributed by atoms with van der Waals surface area (Å²) in [4.78, 5) is 7.56. The second-order valence-corrected chi connectivity index (χ2v) is 10.00. The molecule has 1 aromatic heterocycles. The monoisotopic (exact) mass is 508 g/mol. The summed E-state index contributed by atoms with van der Waals surface area (Å²) in [6.07, 6.45) is 1.50. The Kier molecular flexibility index (Phi) is 7.81. The molecular formula is C28H34F2N6O. The van der Waals surface area contributed by atoms with E-state index in [9.17, 15) is 8.78 Å². The van der Waals surface area contributed by atoms with Crippen LogP contribution >= 0.6 is 0 Å². The van der Waals surface area contributed by atoms with Gasteiger partial charge in [-0.1, -0.05) is 18.2 Å². The highest BCUT2D eigenvalue weighted by molar-refractivity contribution is 5.76. The molecule has 0 spiro atoms. The van der Waals surface area contributed by atoms with Gasteiger partial charge in [-0.3, -0.25) is 9.47 Å². The summed E-state index contributed by atoms with van der Waals surface area (Å²) in [7, 11) is 0. The van der Waals surface area contributed by atoms with Gasteiger partial charge in [0.25, 0.3) is 0 Å². The first kappa shape index (κ1) is 25.7. The summed E-state index contributed by atoms with van der Waals surface area (Å²) in [5.74, 6) is -0.633. The molecule has 0 radical (unpaired) electrons. The van der Waals surface area contributed by atoms with Crippen LogP contribution in [0.2, 0.25) is 0 Å². The first-order chi connectivity index (χ1) is 18.0. The van der Waals surface area contributed by atoms with Gasteiger partial charge in [-0.05, 0) is 69.6 Å². The van der Waals surface area contributed by atoms with E-state index >= 15 is 0 Å². The SMILES string of the molecule is CC(C1NCCC1c1ccc(F)c(F)c1)N1CCCNCC1c1nc2ccccc2n1C(C)OCC#N. The molecule has 2 aromatic carbocycles. The van der Waals surface area contributed by atoms with Gasteiger partial charge in [0.05, 0.1) is 23.1 Å². The van der Waals surface area contributed by atoms with Crippen LogP contribution in [0.1, 0.15) is 56.3 Å². The van der Waals surface area contributed by atoms with E-state index in [-0.39, 0.29) is 36.9 Å². The maximum Gasteiger partial charge on any atom is 0.159 e. The van der Waals surface area contributed by atoms with Crippen molar-refractivity contribution in [2.24, 2.45) is 0 Å². The average Bonchev–Trinajstić information content (AvgIpc) is 3.47. The minimum absolute atomic E-state index is 0.00193. The minimum Gasteiger partial charge on any atom is -0.343 e. The number of fused-ring (bicyclic) bond motifs is 1. The van der Waals surface area contributed by atoms with Crippen LogP contribution in [0.5, 0.6) is 0 Å². The summed E-state index contributed by atoms with van der Waals surface area (Å²) in [6, 6.07) is 14.5. The van der Waals surface area contributed by atoms with Crippen molar-refractivity contribution in [3.63, 3.8) is 0 Å². The van der Waals surface area contributed by atoms with Gasteiger partial charge in [-0.15, -0.1) is 0 Å². The van der Waals surface area contributed by atoms with Crippen LogP contribution in [0, 0.1) is 23.0 Å². The molecule has 0 amide bonds. The highest BCUT2D eigenvalue weighted by atomic mass is 19.2. The summed E-state index contributed by atoms with van der Waals surface area (Å²) >= 11 is 0. The first-order valence-corrected chi connectivity index (χ1v) is 13.1. The summed E-state index contributed by atoms with van der Waals surface area (Å²) in [5.41, 5.74) is 2.69. The summed E-state index contributed by atoms with van der Waals surface area (Å²) in [6.45, 7) is 7.50. The molecule has 5 unspecified atom stereocenters. The zero-order chi connectivity index (χ0) is 25.9. The van der Waals surface area contributed by atoms with Crippen molar-refractivity contribution in [2.75, 3.05) is 32.8 Å². The van der Waals surface area contributed by atoms with Gasteiger partial charge >= 0.3 is 0 Å². The van der Waals surface area contributed by atoms with Gasteiger partial charge in [0.15, 0.2) is 11.6 Å². The highest BCUT2D eigenvalue weighted by Gasteiger charge is 2.39. The molecule has 9 heteroatoms. The molecule has 196 valence electrons. The number of rotatable bonds is 7. The third-order valence-electron chi connectivity index (χ3n) is 7.87. The lowest BCUT2D eigenvalue weighted by atomic mass is 9.87. The zero-order valence-corrected chi connectivity index (χ0v) is 21.3. The third kappa shape index (κ3) is 5.12. The molecule has 2 aliphatic heterocycles. The number of ether oxygens (including phenoxy) is 1. The smallest absolute Gasteiger partial charge is 0.159 e. The van der Waals surface area contributed by atoms with Crippen LogP contribution in [-0.2, 0) is 4.74 Å². The maximum atomic E-state index is 14.1. The first-order valence-electron chi connectivity index (χ1n) is 13.1. The van der Waals surface area contributed by atoms with Gasteiger partial charge in [0.2, 0.25) is 0 Å². The van der Waals surface area contributed by atoms with Gasteiger partial charge < -0.3 is 15.4 Å². The largest absolute Gasteiger partial charge is 0.343 e. The van der Waals surface area contributed by atoms with Crippen molar-refractivity contribution >= 4 is 11.0 Å². The number of benzene rings is 2. The lowest BCUT2D eigenvalue weighted by Crippen LogP contribution is -2.50.